The molecule has 158 valence electrons. The van der Waals surface area contributed by atoms with Gasteiger partial charge in [0.15, 0.2) is 0 Å². The third kappa shape index (κ3) is 20.1. The lowest BCUT2D eigenvalue weighted by molar-refractivity contribution is 0.393. The van der Waals surface area contributed by atoms with Crippen LogP contribution in [0.15, 0.2) is 0 Å². The van der Waals surface area contributed by atoms with Crippen LogP contribution in [0.2, 0.25) is 0 Å². The van der Waals surface area contributed by atoms with Gasteiger partial charge in [0.1, 0.15) is 0 Å². The molecule has 0 aliphatic rings. The van der Waals surface area contributed by atoms with Crippen molar-refractivity contribution < 1.29 is 0 Å². The molecule has 0 saturated heterocycles. The van der Waals surface area contributed by atoms with Gasteiger partial charge in [0.05, 0.1) is 0 Å². The highest BCUT2D eigenvalue weighted by Crippen LogP contribution is 2.22. The lowest BCUT2D eigenvalue weighted by Gasteiger charge is -2.14. The van der Waals surface area contributed by atoms with Gasteiger partial charge in [-0.15, -0.1) is 11.8 Å². The first kappa shape index (κ1) is 26.6. The highest BCUT2D eigenvalue weighted by atomic mass is 14.1. The first-order chi connectivity index (χ1) is 13.2. The third-order valence-corrected chi connectivity index (χ3v) is 5.94. The summed E-state index contributed by atoms with van der Waals surface area (Å²) in [6, 6.07) is 0. The molecule has 0 aromatic heterocycles. The Bertz CT molecular complexity index is 332. The number of unbranched alkanes of at least 4 members (excludes halogenated alkanes) is 10. The molecule has 0 saturated carbocycles. The first-order valence-electron chi connectivity index (χ1n) is 12.3. The molecule has 27 heavy (non-hydrogen) atoms. The van der Waals surface area contributed by atoms with Crippen molar-refractivity contribution in [3.8, 4) is 11.8 Å². The monoisotopic (exact) mass is 374 g/mol. The SMILES string of the molecule is [CH2]CCCC#CCCC(C)CCCCCCCCC(CC)CCCCC[CH2]. The van der Waals surface area contributed by atoms with Crippen LogP contribution >= 0.6 is 0 Å². The average Bonchev–Trinajstić information content (AvgIpc) is 2.68. The van der Waals surface area contributed by atoms with Crippen molar-refractivity contribution in [1.82, 2.24) is 0 Å². The van der Waals surface area contributed by atoms with Gasteiger partial charge in [0.25, 0.3) is 0 Å². The van der Waals surface area contributed by atoms with Gasteiger partial charge in [0.2, 0.25) is 0 Å². The molecule has 0 aliphatic carbocycles. The van der Waals surface area contributed by atoms with Crippen LogP contribution in [0, 0.1) is 37.5 Å². The van der Waals surface area contributed by atoms with Gasteiger partial charge in [-0.3, -0.25) is 0 Å². The van der Waals surface area contributed by atoms with E-state index in [2.05, 4.69) is 39.5 Å². The molecule has 0 N–H and O–H groups in total. The molecule has 0 aromatic carbocycles. The predicted molar refractivity (Wildman–Crippen MR) is 125 cm³/mol. The van der Waals surface area contributed by atoms with E-state index >= 15 is 0 Å². The third-order valence-electron chi connectivity index (χ3n) is 5.94. The highest BCUT2D eigenvalue weighted by Gasteiger charge is 2.06. The van der Waals surface area contributed by atoms with E-state index < -0.39 is 0 Å². The van der Waals surface area contributed by atoms with Gasteiger partial charge in [-0.25, -0.2) is 0 Å². The van der Waals surface area contributed by atoms with Crippen molar-refractivity contribution in [1.29, 1.82) is 0 Å². The minimum absolute atomic E-state index is 0.848. The highest BCUT2D eigenvalue weighted by molar-refractivity contribution is 4.98. The summed E-state index contributed by atoms with van der Waals surface area (Å²) in [6.07, 6.45) is 25.2. The lowest BCUT2D eigenvalue weighted by atomic mass is 9.92. The van der Waals surface area contributed by atoms with Crippen molar-refractivity contribution in [2.75, 3.05) is 0 Å². The smallest absolute Gasteiger partial charge is 0.00912 e. The van der Waals surface area contributed by atoms with E-state index in [0.29, 0.717) is 0 Å². The predicted octanol–water partition coefficient (Wildman–Crippen LogP) is 9.34. The molecule has 0 heteroatoms. The van der Waals surface area contributed by atoms with E-state index in [9.17, 15) is 0 Å². The normalized spacial score (nSPS) is 13.2. The number of hydrogen-bond donors (Lipinski definition) is 0. The quantitative estimate of drug-likeness (QED) is 0.156. The molecule has 0 fully saturated rings. The van der Waals surface area contributed by atoms with Crippen LogP contribution in [0.4, 0.5) is 0 Å². The summed E-state index contributed by atoms with van der Waals surface area (Å²) in [5, 5.41) is 0. The van der Waals surface area contributed by atoms with Gasteiger partial charge in [-0.05, 0) is 24.7 Å². The summed E-state index contributed by atoms with van der Waals surface area (Å²) in [4.78, 5) is 0. The fourth-order valence-electron chi connectivity index (χ4n) is 3.83. The maximum Gasteiger partial charge on any atom is 0.00912 e. The molecule has 2 unspecified atom stereocenters. The van der Waals surface area contributed by atoms with E-state index in [4.69, 9.17) is 0 Å². The molecular weight excluding hydrogens is 324 g/mol. The van der Waals surface area contributed by atoms with Crippen molar-refractivity contribution in [3.05, 3.63) is 13.8 Å². The molecule has 0 rings (SSSR count). The molecule has 2 atom stereocenters. The summed E-state index contributed by atoms with van der Waals surface area (Å²) < 4.78 is 0. The Kier molecular flexibility index (Phi) is 21.5. The van der Waals surface area contributed by atoms with Crippen LogP contribution in [0.3, 0.4) is 0 Å². The summed E-state index contributed by atoms with van der Waals surface area (Å²) >= 11 is 0. The first-order valence-corrected chi connectivity index (χ1v) is 12.3. The Morgan fingerprint density at radius 2 is 1.11 bits per heavy atom. The van der Waals surface area contributed by atoms with Crippen LogP contribution < -0.4 is 0 Å². The molecule has 0 bridgehead atoms. The Morgan fingerprint density at radius 1 is 0.593 bits per heavy atom. The summed E-state index contributed by atoms with van der Waals surface area (Å²) in [5.74, 6) is 8.43. The largest absolute Gasteiger partial charge is 0.103 e. The lowest BCUT2D eigenvalue weighted by Crippen LogP contribution is -1.99. The minimum atomic E-state index is 0.848. The molecule has 0 aromatic rings. The zero-order valence-electron chi connectivity index (χ0n) is 19.0. The molecule has 0 spiro atoms. The Hall–Kier alpha value is -0.440. The van der Waals surface area contributed by atoms with Gasteiger partial charge in [-0.2, -0.15) is 0 Å². The molecule has 0 amide bonds. The van der Waals surface area contributed by atoms with Gasteiger partial charge < -0.3 is 0 Å². The van der Waals surface area contributed by atoms with Crippen LogP contribution in [-0.2, 0) is 0 Å². The fourth-order valence-corrected chi connectivity index (χ4v) is 3.83. The second kappa shape index (κ2) is 21.9. The molecule has 0 heterocycles. The standard InChI is InChI=1S/C27H50/c1-5-8-10-12-15-18-22-26(4)23-19-16-13-14-17-21-25-27(7-3)24-20-11-9-6-2/h26-27H,1-2,5-11,13-14,16-25H2,3-4H3. The Labute approximate surface area is 173 Å². The zero-order chi connectivity index (χ0) is 20.0. The summed E-state index contributed by atoms with van der Waals surface area (Å²) in [5.41, 5.74) is 0. The Balaban J connectivity index is 3.40. The average molecular weight is 375 g/mol. The van der Waals surface area contributed by atoms with Gasteiger partial charge in [-0.1, -0.05) is 124 Å². The Morgan fingerprint density at radius 3 is 1.70 bits per heavy atom. The van der Waals surface area contributed by atoms with E-state index in [1.807, 2.05) is 0 Å². The van der Waals surface area contributed by atoms with Crippen molar-refractivity contribution in [3.63, 3.8) is 0 Å². The van der Waals surface area contributed by atoms with Gasteiger partial charge >= 0.3 is 0 Å². The second-order valence-corrected chi connectivity index (χ2v) is 8.63. The van der Waals surface area contributed by atoms with E-state index in [1.165, 1.54) is 89.9 Å². The van der Waals surface area contributed by atoms with Crippen molar-refractivity contribution in [2.45, 2.75) is 136 Å². The minimum Gasteiger partial charge on any atom is -0.103 e. The van der Waals surface area contributed by atoms with Crippen molar-refractivity contribution in [2.24, 2.45) is 11.8 Å². The van der Waals surface area contributed by atoms with Gasteiger partial charge in [0, 0.05) is 12.8 Å². The van der Waals surface area contributed by atoms with Crippen molar-refractivity contribution >= 4 is 0 Å². The van der Waals surface area contributed by atoms with Crippen LogP contribution in [0.5, 0.6) is 0 Å². The summed E-state index contributed by atoms with van der Waals surface area (Å²) in [7, 11) is 0. The van der Waals surface area contributed by atoms with Crippen LogP contribution in [0.1, 0.15) is 136 Å². The molecule has 2 radical (unpaired) electrons. The van der Waals surface area contributed by atoms with E-state index in [1.54, 1.807) is 0 Å². The van der Waals surface area contributed by atoms with E-state index in [0.717, 1.165) is 43.9 Å². The zero-order valence-corrected chi connectivity index (χ0v) is 19.0. The van der Waals surface area contributed by atoms with E-state index in [-0.39, 0.29) is 0 Å². The number of hydrogen-bond acceptors (Lipinski definition) is 0. The molecular formula is C27H50. The topological polar surface area (TPSA) is 0 Å². The van der Waals surface area contributed by atoms with Crippen LogP contribution in [0.25, 0.3) is 0 Å². The maximum absolute atomic E-state index is 3.94. The fraction of sp³-hybridized carbons (Fsp3) is 0.852. The maximum atomic E-state index is 3.94. The summed E-state index contributed by atoms with van der Waals surface area (Å²) in [6.45, 7) is 12.6. The number of rotatable bonds is 19. The molecule has 0 aliphatic heterocycles. The second-order valence-electron chi connectivity index (χ2n) is 8.63. The van der Waals surface area contributed by atoms with Crippen LogP contribution in [-0.4, -0.2) is 0 Å². The molecule has 0 nitrogen and oxygen atoms in total.